The third kappa shape index (κ3) is 4.32. The summed E-state index contributed by atoms with van der Waals surface area (Å²) in [6.45, 7) is 1.88. The maximum Gasteiger partial charge on any atom is 0.407 e. The zero-order valence-corrected chi connectivity index (χ0v) is 12.9. The first kappa shape index (κ1) is 17.5. The molecule has 1 aliphatic rings. The van der Waals surface area contributed by atoms with Crippen molar-refractivity contribution in [3.05, 3.63) is 29.8 Å². The fourth-order valence-electron chi connectivity index (χ4n) is 2.18. The Morgan fingerprint density at radius 3 is 2.43 bits per heavy atom. The highest BCUT2D eigenvalue weighted by atomic mass is 16.7. The fourth-order valence-corrected chi connectivity index (χ4v) is 2.18. The number of aliphatic hydroxyl groups is 3. The van der Waals surface area contributed by atoms with Crippen LogP contribution in [0.4, 0.5) is 4.79 Å². The molecule has 0 saturated carbocycles. The van der Waals surface area contributed by atoms with Crippen LogP contribution < -0.4 is 10.1 Å². The molecular weight excluding hydrogens is 306 g/mol. The molecule has 4 N–H and O–H groups in total. The topological polar surface area (TPSA) is 117 Å². The lowest BCUT2D eigenvalue weighted by Gasteiger charge is -2.38. The van der Waals surface area contributed by atoms with Crippen LogP contribution in [0, 0.1) is 0 Å². The third-order valence-electron chi connectivity index (χ3n) is 3.61. The zero-order chi connectivity index (χ0) is 17.0. The monoisotopic (exact) mass is 327 g/mol. The Bertz CT molecular complexity index is 521. The molecule has 0 unspecified atom stereocenters. The highest BCUT2D eigenvalue weighted by molar-refractivity contribution is 5.66. The van der Waals surface area contributed by atoms with Crippen LogP contribution in [0.5, 0.6) is 5.75 Å². The van der Waals surface area contributed by atoms with E-state index in [9.17, 15) is 20.1 Å². The molecular formula is C15H21NO7. The summed E-state index contributed by atoms with van der Waals surface area (Å²) in [5.74, 6) is 0.423. The second-order valence-electron chi connectivity index (χ2n) is 5.29. The molecule has 2 rings (SSSR count). The standard InChI is InChI=1S/C15H21NO7/c1-8-11(17)12(18)13(19)14(22-8)23-10-5-3-9(4-6-10)7-16-15(20)21-2/h3-6,8,11-14,17-19H,7H2,1-2H3,(H,16,20)/t8-,11-,12+,13+,14+/m0/s1. The molecule has 0 aliphatic carbocycles. The lowest BCUT2D eigenvalue weighted by Crippen LogP contribution is -2.58. The molecule has 23 heavy (non-hydrogen) atoms. The summed E-state index contributed by atoms with van der Waals surface area (Å²) in [7, 11) is 1.29. The van der Waals surface area contributed by atoms with Crippen molar-refractivity contribution in [1.29, 1.82) is 0 Å². The number of amides is 1. The summed E-state index contributed by atoms with van der Waals surface area (Å²) < 4.78 is 15.3. The second kappa shape index (κ2) is 7.60. The third-order valence-corrected chi connectivity index (χ3v) is 3.61. The lowest BCUT2D eigenvalue weighted by molar-refractivity contribution is -0.268. The van der Waals surface area contributed by atoms with Crippen molar-refractivity contribution >= 4 is 6.09 Å². The average molecular weight is 327 g/mol. The maximum atomic E-state index is 11.0. The molecule has 1 amide bonds. The molecule has 1 heterocycles. The van der Waals surface area contributed by atoms with Crippen molar-refractivity contribution in [2.75, 3.05) is 7.11 Å². The van der Waals surface area contributed by atoms with E-state index in [2.05, 4.69) is 10.1 Å². The summed E-state index contributed by atoms with van der Waals surface area (Å²) in [6, 6.07) is 6.75. The molecule has 5 atom stereocenters. The van der Waals surface area contributed by atoms with Gasteiger partial charge in [-0.05, 0) is 24.6 Å². The highest BCUT2D eigenvalue weighted by Crippen LogP contribution is 2.24. The largest absolute Gasteiger partial charge is 0.462 e. The van der Waals surface area contributed by atoms with E-state index >= 15 is 0 Å². The number of methoxy groups -OCH3 is 1. The molecule has 8 heteroatoms. The van der Waals surface area contributed by atoms with Gasteiger partial charge in [-0.25, -0.2) is 4.79 Å². The number of alkyl carbamates (subject to hydrolysis) is 1. The van der Waals surface area contributed by atoms with Crippen molar-refractivity contribution in [3.8, 4) is 5.75 Å². The predicted octanol–water partition coefficient (Wildman–Crippen LogP) is -0.251. The van der Waals surface area contributed by atoms with E-state index in [1.807, 2.05) is 0 Å². The van der Waals surface area contributed by atoms with Crippen LogP contribution in [0.25, 0.3) is 0 Å². The minimum absolute atomic E-state index is 0.303. The number of benzene rings is 1. The van der Waals surface area contributed by atoms with E-state index < -0.39 is 36.8 Å². The van der Waals surface area contributed by atoms with Crippen molar-refractivity contribution in [2.45, 2.75) is 44.2 Å². The fraction of sp³-hybridized carbons (Fsp3) is 0.533. The molecule has 1 fully saturated rings. The summed E-state index contributed by atoms with van der Waals surface area (Å²) in [6.07, 6.45) is -6.14. The van der Waals surface area contributed by atoms with Crippen LogP contribution in [-0.4, -0.2) is 59.2 Å². The Labute approximate surface area is 133 Å². The minimum Gasteiger partial charge on any atom is -0.462 e. The first-order valence-corrected chi connectivity index (χ1v) is 7.19. The molecule has 8 nitrogen and oxygen atoms in total. The molecule has 1 saturated heterocycles. The normalized spacial score (nSPS) is 30.6. The van der Waals surface area contributed by atoms with E-state index in [4.69, 9.17) is 9.47 Å². The van der Waals surface area contributed by atoms with Crippen molar-refractivity contribution in [2.24, 2.45) is 0 Å². The van der Waals surface area contributed by atoms with Gasteiger partial charge in [0.1, 0.15) is 24.1 Å². The van der Waals surface area contributed by atoms with E-state index in [-0.39, 0.29) is 0 Å². The predicted molar refractivity (Wildman–Crippen MR) is 78.7 cm³/mol. The molecule has 0 radical (unpaired) electrons. The van der Waals surface area contributed by atoms with Crippen LogP contribution in [0.3, 0.4) is 0 Å². The summed E-state index contributed by atoms with van der Waals surface area (Å²) in [4.78, 5) is 11.0. The van der Waals surface area contributed by atoms with Gasteiger partial charge in [-0.15, -0.1) is 0 Å². The summed E-state index contributed by atoms with van der Waals surface area (Å²) in [5.41, 5.74) is 0.830. The van der Waals surface area contributed by atoms with Gasteiger partial charge in [0, 0.05) is 6.54 Å². The van der Waals surface area contributed by atoms with Gasteiger partial charge in [-0.2, -0.15) is 0 Å². The second-order valence-corrected chi connectivity index (χ2v) is 5.29. The van der Waals surface area contributed by atoms with Crippen LogP contribution in [0.1, 0.15) is 12.5 Å². The van der Waals surface area contributed by atoms with Gasteiger partial charge < -0.3 is 34.8 Å². The molecule has 1 aromatic carbocycles. The quantitative estimate of drug-likeness (QED) is 0.602. The Kier molecular flexibility index (Phi) is 5.78. The zero-order valence-electron chi connectivity index (χ0n) is 12.9. The van der Waals surface area contributed by atoms with Crippen molar-refractivity contribution in [3.63, 3.8) is 0 Å². The Hall–Kier alpha value is -1.87. The van der Waals surface area contributed by atoms with Crippen LogP contribution in [-0.2, 0) is 16.0 Å². The number of ether oxygens (including phenoxy) is 3. The van der Waals surface area contributed by atoms with Crippen LogP contribution in [0.15, 0.2) is 24.3 Å². The number of nitrogens with one attached hydrogen (secondary N) is 1. The Balaban J connectivity index is 1.94. The molecule has 1 aromatic rings. The first-order chi connectivity index (χ1) is 10.9. The van der Waals surface area contributed by atoms with Gasteiger partial charge in [0.05, 0.1) is 13.2 Å². The SMILES string of the molecule is COC(=O)NCc1ccc(O[C@H]2O[C@@H](C)[C@H](O)[C@@H](O)[C@H]2O)cc1. The number of rotatable bonds is 4. The highest BCUT2D eigenvalue weighted by Gasteiger charge is 2.43. The van der Waals surface area contributed by atoms with Gasteiger partial charge in [0.25, 0.3) is 0 Å². The average Bonchev–Trinajstić information content (AvgIpc) is 2.56. The van der Waals surface area contributed by atoms with Crippen molar-refractivity contribution in [1.82, 2.24) is 5.32 Å². The summed E-state index contributed by atoms with van der Waals surface area (Å²) >= 11 is 0. The molecule has 128 valence electrons. The Morgan fingerprint density at radius 2 is 1.83 bits per heavy atom. The molecule has 0 spiro atoms. The van der Waals surface area contributed by atoms with Gasteiger partial charge in [0.15, 0.2) is 0 Å². The lowest BCUT2D eigenvalue weighted by atomic mass is 10.00. The maximum absolute atomic E-state index is 11.0. The smallest absolute Gasteiger partial charge is 0.407 e. The van der Waals surface area contributed by atoms with E-state index in [1.54, 1.807) is 31.2 Å². The van der Waals surface area contributed by atoms with Gasteiger partial charge in [-0.1, -0.05) is 12.1 Å². The number of carbonyl (C=O) groups is 1. The Morgan fingerprint density at radius 1 is 1.17 bits per heavy atom. The number of hydrogen-bond acceptors (Lipinski definition) is 7. The van der Waals surface area contributed by atoms with Gasteiger partial charge >= 0.3 is 6.09 Å². The van der Waals surface area contributed by atoms with Crippen LogP contribution >= 0.6 is 0 Å². The van der Waals surface area contributed by atoms with Gasteiger partial charge in [-0.3, -0.25) is 0 Å². The molecule has 0 aromatic heterocycles. The van der Waals surface area contributed by atoms with Crippen molar-refractivity contribution < 1.29 is 34.3 Å². The number of aliphatic hydroxyl groups excluding tert-OH is 3. The van der Waals surface area contributed by atoms with E-state index in [0.717, 1.165) is 5.56 Å². The van der Waals surface area contributed by atoms with E-state index in [0.29, 0.717) is 12.3 Å². The number of carbonyl (C=O) groups excluding carboxylic acids is 1. The van der Waals surface area contributed by atoms with Crippen LogP contribution in [0.2, 0.25) is 0 Å². The molecule has 0 bridgehead atoms. The summed E-state index contributed by atoms with van der Waals surface area (Å²) in [5, 5.41) is 31.8. The van der Waals surface area contributed by atoms with Gasteiger partial charge in [0.2, 0.25) is 6.29 Å². The first-order valence-electron chi connectivity index (χ1n) is 7.19. The minimum atomic E-state index is -1.36. The van der Waals surface area contributed by atoms with E-state index in [1.165, 1.54) is 7.11 Å². The number of hydrogen-bond donors (Lipinski definition) is 4. The molecule has 1 aliphatic heterocycles.